The maximum Gasteiger partial charge on any atom is 0.264 e. The molecule has 2 amide bonds. The SMILES string of the molecule is CC[C@H](C(=O)NC(C)(C)C)N(Cc1ccc(C)cc1)C(=O)CN(c1cccc(Cl)c1)S(=O)(=O)c1ccccc1. The molecule has 208 valence electrons. The van der Waals surface area contributed by atoms with E-state index in [2.05, 4.69) is 5.32 Å². The third kappa shape index (κ3) is 8.07. The Hall–Kier alpha value is -3.36. The maximum absolute atomic E-state index is 14.0. The van der Waals surface area contributed by atoms with Crippen molar-refractivity contribution in [3.8, 4) is 0 Å². The molecule has 0 aliphatic heterocycles. The summed E-state index contributed by atoms with van der Waals surface area (Å²) < 4.78 is 28.6. The monoisotopic (exact) mass is 569 g/mol. The molecule has 0 radical (unpaired) electrons. The molecule has 0 bridgehead atoms. The first-order valence-corrected chi connectivity index (χ1v) is 14.6. The smallest absolute Gasteiger partial charge is 0.264 e. The molecule has 0 saturated heterocycles. The maximum atomic E-state index is 14.0. The second kappa shape index (κ2) is 12.7. The van der Waals surface area contributed by atoms with Crippen molar-refractivity contribution in [2.24, 2.45) is 0 Å². The molecular formula is C30H36ClN3O4S. The Bertz CT molecular complexity index is 1390. The fourth-order valence-electron chi connectivity index (χ4n) is 4.14. The van der Waals surface area contributed by atoms with Crippen molar-refractivity contribution in [2.45, 2.75) is 64.1 Å². The predicted molar refractivity (Wildman–Crippen MR) is 156 cm³/mol. The van der Waals surface area contributed by atoms with E-state index in [0.29, 0.717) is 11.4 Å². The summed E-state index contributed by atoms with van der Waals surface area (Å²) in [5.74, 6) is -0.809. The second-order valence-electron chi connectivity index (χ2n) is 10.5. The summed E-state index contributed by atoms with van der Waals surface area (Å²) in [6, 6.07) is 21.2. The Morgan fingerprint density at radius 2 is 1.59 bits per heavy atom. The van der Waals surface area contributed by atoms with E-state index < -0.39 is 34.1 Å². The Labute approximate surface area is 236 Å². The number of anilines is 1. The highest BCUT2D eigenvalue weighted by molar-refractivity contribution is 7.92. The standard InChI is InChI=1S/C30H36ClN3O4S/c1-6-27(29(36)32-30(3,4)5)33(20-23-17-15-22(2)16-18-23)28(35)21-34(25-12-10-11-24(31)19-25)39(37,38)26-13-8-7-9-14-26/h7-19,27H,6,20-21H2,1-5H3,(H,32,36)/t27-/m1/s1. The van der Waals surface area contributed by atoms with Gasteiger partial charge in [0, 0.05) is 17.1 Å². The number of carbonyl (C=O) groups is 2. The molecule has 0 fully saturated rings. The first-order chi connectivity index (χ1) is 18.3. The van der Waals surface area contributed by atoms with Crippen LogP contribution in [-0.4, -0.2) is 43.3 Å². The van der Waals surface area contributed by atoms with Gasteiger partial charge in [-0.1, -0.05) is 72.6 Å². The molecule has 3 aromatic rings. The fraction of sp³-hybridized carbons (Fsp3) is 0.333. The van der Waals surface area contributed by atoms with E-state index in [9.17, 15) is 18.0 Å². The van der Waals surface area contributed by atoms with E-state index in [4.69, 9.17) is 11.6 Å². The van der Waals surface area contributed by atoms with E-state index in [1.807, 2.05) is 58.9 Å². The van der Waals surface area contributed by atoms with Crippen molar-refractivity contribution in [3.63, 3.8) is 0 Å². The van der Waals surface area contributed by atoms with Crippen LogP contribution in [-0.2, 0) is 26.2 Å². The van der Waals surface area contributed by atoms with Crippen LogP contribution in [0.15, 0.2) is 83.8 Å². The van der Waals surface area contributed by atoms with Crippen LogP contribution >= 0.6 is 11.6 Å². The number of rotatable bonds is 10. The lowest BCUT2D eigenvalue weighted by Crippen LogP contribution is -2.55. The quantitative estimate of drug-likeness (QED) is 0.346. The zero-order valence-electron chi connectivity index (χ0n) is 23.0. The van der Waals surface area contributed by atoms with Gasteiger partial charge in [0.05, 0.1) is 10.6 Å². The number of nitrogens with zero attached hydrogens (tertiary/aromatic N) is 2. The Morgan fingerprint density at radius 3 is 2.15 bits per heavy atom. The fourth-order valence-corrected chi connectivity index (χ4v) is 5.75. The number of nitrogens with one attached hydrogen (secondary N) is 1. The van der Waals surface area contributed by atoms with Gasteiger partial charge in [-0.15, -0.1) is 0 Å². The van der Waals surface area contributed by atoms with Gasteiger partial charge in [-0.25, -0.2) is 8.42 Å². The molecule has 0 aliphatic carbocycles. The van der Waals surface area contributed by atoms with Gasteiger partial charge in [-0.2, -0.15) is 0 Å². The summed E-state index contributed by atoms with van der Waals surface area (Å²) in [5, 5.41) is 3.30. The third-order valence-electron chi connectivity index (χ3n) is 6.06. The highest BCUT2D eigenvalue weighted by atomic mass is 35.5. The van der Waals surface area contributed by atoms with E-state index >= 15 is 0 Å². The predicted octanol–water partition coefficient (Wildman–Crippen LogP) is 5.57. The summed E-state index contributed by atoms with van der Waals surface area (Å²) in [6.45, 7) is 9.05. The lowest BCUT2D eigenvalue weighted by Gasteiger charge is -2.34. The molecule has 1 N–H and O–H groups in total. The van der Waals surface area contributed by atoms with Crippen LogP contribution in [0.1, 0.15) is 45.2 Å². The van der Waals surface area contributed by atoms with Crippen LogP contribution in [0.25, 0.3) is 0 Å². The molecule has 9 heteroatoms. The molecule has 0 heterocycles. The van der Waals surface area contributed by atoms with Gasteiger partial charge in [-0.3, -0.25) is 13.9 Å². The molecule has 0 unspecified atom stereocenters. The minimum absolute atomic E-state index is 0.0420. The Balaban J connectivity index is 2.06. The molecule has 1 atom stereocenters. The molecule has 3 rings (SSSR count). The van der Waals surface area contributed by atoms with Crippen LogP contribution in [0.3, 0.4) is 0 Å². The number of aryl methyl sites for hydroxylation is 1. The zero-order valence-corrected chi connectivity index (χ0v) is 24.6. The van der Waals surface area contributed by atoms with Crippen molar-refractivity contribution in [3.05, 3.63) is 95.0 Å². The van der Waals surface area contributed by atoms with Gasteiger partial charge in [0.15, 0.2) is 0 Å². The Morgan fingerprint density at radius 1 is 0.949 bits per heavy atom. The molecule has 0 aliphatic rings. The van der Waals surface area contributed by atoms with Crippen molar-refractivity contribution >= 4 is 39.1 Å². The van der Waals surface area contributed by atoms with E-state index in [1.165, 1.54) is 23.1 Å². The number of halogens is 1. The van der Waals surface area contributed by atoms with Gasteiger partial charge in [0.2, 0.25) is 11.8 Å². The lowest BCUT2D eigenvalue weighted by molar-refractivity contribution is -0.141. The van der Waals surface area contributed by atoms with Gasteiger partial charge in [0.25, 0.3) is 10.0 Å². The van der Waals surface area contributed by atoms with Crippen molar-refractivity contribution < 1.29 is 18.0 Å². The van der Waals surface area contributed by atoms with E-state index in [0.717, 1.165) is 15.4 Å². The number of amides is 2. The van der Waals surface area contributed by atoms with Gasteiger partial charge in [0.1, 0.15) is 12.6 Å². The summed E-state index contributed by atoms with van der Waals surface area (Å²) in [7, 11) is -4.13. The average molecular weight is 570 g/mol. The zero-order chi connectivity index (χ0) is 28.8. The minimum Gasteiger partial charge on any atom is -0.350 e. The van der Waals surface area contributed by atoms with Crippen LogP contribution < -0.4 is 9.62 Å². The topological polar surface area (TPSA) is 86.8 Å². The highest BCUT2D eigenvalue weighted by Gasteiger charge is 2.34. The van der Waals surface area contributed by atoms with Crippen LogP contribution in [0, 0.1) is 6.92 Å². The van der Waals surface area contributed by atoms with Crippen molar-refractivity contribution in [1.29, 1.82) is 0 Å². The molecule has 7 nitrogen and oxygen atoms in total. The number of hydrogen-bond acceptors (Lipinski definition) is 4. The van der Waals surface area contributed by atoms with Crippen LogP contribution in [0.4, 0.5) is 5.69 Å². The van der Waals surface area contributed by atoms with Crippen LogP contribution in [0.5, 0.6) is 0 Å². The number of sulfonamides is 1. The van der Waals surface area contributed by atoms with Gasteiger partial charge >= 0.3 is 0 Å². The summed E-state index contributed by atoms with van der Waals surface area (Å²) in [6.07, 6.45) is 0.349. The molecule has 3 aromatic carbocycles. The lowest BCUT2D eigenvalue weighted by atomic mass is 10.1. The largest absolute Gasteiger partial charge is 0.350 e. The summed E-state index contributed by atoms with van der Waals surface area (Å²) >= 11 is 6.21. The minimum atomic E-state index is -4.13. The van der Waals surface area contributed by atoms with Gasteiger partial charge < -0.3 is 10.2 Å². The molecular weight excluding hydrogens is 534 g/mol. The number of hydrogen-bond donors (Lipinski definition) is 1. The van der Waals surface area contributed by atoms with Crippen LogP contribution in [0.2, 0.25) is 5.02 Å². The second-order valence-corrected chi connectivity index (χ2v) is 12.8. The molecule has 0 aromatic heterocycles. The first kappa shape index (κ1) is 30.2. The highest BCUT2D eigenvalue weighted by Crippen LogP contribution is 2.27. The van der Waals surface area contributed by atoms with Gasteiger partial charge in [-0.05, 0) is 70.0 Å². The molecule has 0 saturated carbocycles. The van der Waals surface area contributed by atoms with Crippen molar-refractivity contribution in [1.82, 2.24) is 10.2 Å². The molecule has 39 heavy (non-hydrogen) atoms. The molecule has 0 spiro atoms. The third-order valence-corrected chi connectivity index (χ3v) is 8.09. The van der Waals surface area contributed by atoms with Crippen molar-refractivity contribution in [2.75, 3.05) is 10.8 Å². The first-order valence-electron chi connectivity index (χ1n) is 12.8. The van der Waals surface area contributed by atoms with E-state index in [1.54, 1.807) is 36.4 Å². The Kier molecular flexibility index (Phi) is 9.80. The number of benzene rings is 3. The normalized spacial score (nSPS) is 12.5. The summed E-state index contributed by atoms with van der Waals surface area (Å²) in [5.41, 5.74) is 1.64. The average Bonchev–Trinajstić information content (AvgIpc) is 2.87. The summed E-state index contributed by atoms with van der Waals surface area (Å²) in [4.78, 5) is 28.9. The van der Waals surface area contributed by atoms with E-state index in [-0.39, 0.29) is 23.0 Å². The number of carbonyl (C=O) groups excluding carboxylic acids is 2.